The van der Waals surface area contributed by atoms with Gasteiger partial charge in [0.25, 0.3) is 0 Å². The fourth-order valence-electron chi connectivity index (χ4n) is 0.668. The molecule has 4 atom stereocenters. The molecule has 8 N–H and O–H groups in total. The van der Waals surface area contributed by atoms with Gasteiger partial charge >= 0.3 is 5.97 Å². The molecular weight excluding hydrogens is 252 g/mol. The zero-order valence-electron chi connectivity index (χ0n) is 7.52. The molecule has 0 aliphatic heterocycles. The van der Waals surface area contributed by atoms with E-state index in [-0.39, 0.29) is 22.8 Å². The van der Waals surface area contributed by atoms with E-state index >= 15 is 0 Å². The van der Waals surface area contributed by atoms with Crippen molar-refractivity contribution in [2.75, 3.05) is 6.61 Å². The second-order valence-electron chi connectivity index (χ2n) is 2.51. The Morgan fingerprint density at radius 2 is 1.47 bits per heavy atom. The molecule has 4 unspecified atom stereocenters. The Morgan fingerprint density at radius 1 is 1.07 bits per heavy atom. The predicted octanol–water partition coefficient (Wildman–Crippen LogP) is -4.32. The van der Waals surface area contributed by atoms with E-state index in [0.29, 0.717) is 0 Å². The van der Waals surface area contributed by atoms with Gasteiger partial charge in [0.05, 0.1) is 6.61 Å². The number of rotatable bonds is 5. The molecule has 0 aromatic rings. The predicted molar refractivity (Wildman–Crippen MR) is 42.4 cm³/mol. The summed E-state index contributed by atoms with van der Waals surface area (Å²) in [5, 5.41) is 51.8. The molecule has 0 aromatic carbocycles. The van der Waals surface area contributed by atoms with Gasteiger partial charge in [-0.25, -0.2) is 4.79 Å². The van der Waals surface area contributed by atoms with Gasteiger partial charge in [0, 0.05) is 17.4 Å². The molecule has 0 saturated heterocycles. The first-order valence-corrected chi connectivity index (χ1v) is 3.47. The second-order valence-corrected chi connectivity index (χ2v) is 2.51. The maximum absolute atomic E-state index is 10.1. The molecule has 0 saturated carbocycles. The van der Waals surface area contributed by atoms with Crippen LogP contribution in [-0.4, -0.2) is 73.1 Å². The molecule has 0 radical (unpaired) electrons. The van der Waals surface area contributed by atoms with Crippen LogP contribution in [0, 0.1) is 0 Å². The van der Waals surface area contributed by atoms with Gasteiger partial charge in [-0.2, -0.15) is 0 Å². The minimum Gasteiger partial charge on any atom is -0.479 e. The molecule has 92 valence electrons. The first kappa shape index (κ1) is 20.2. The van der Waals surface area contributed by atoms with Gasteiger partial charge in [0.1, 0.15) is 18.3 Å². The summed E-state index contributed by atoms with van der Waals surface area (Å²) in [7, 11) is 0. The average Bonchev–Trinajstić information content (AvgIpc) is 2.12. The molecular formula is C6H14CrO8. The molecule has 0 aliphatic carbocycles. The van der Waals surface area contributed by atoms with Crippen molar-refractivity contribution in [1.82, 2.24) is 0 Å². The normalized spacial score (nSPS) is 17.7. The van der Waals surface area contributed by atoms with Gasteiger partial charge in [-0.1, -0.05) is 0 Å². The summed E-state index contributed by atoms with van der Waals surface area (Å²) in [6.07, 6.45) is -7.84. The van der Waals surface area contributed by atoms with Gasteiger partial charge in [-0.15, -0.1) is 0 Å². The first-order valence-electron chi connectivity index (χ1n) is 3.47. The van der Waals surface area contributed by atoms with Crippen LogP contribution in [0.25, 0.3) is 0 Å². The summed E-state index contributed by atoms with van der Waals surface area (Å²) in [6.45, 7) is -0.843. The Labute approximate surface area is 95.8 Å². The van der Waals surface area contributed by atoms with Crippen LogP contribution in [0.3, 0.4) is 0 Å². The van der Waals surface area contributed by atoms with Crippen molar-refractivity contribution < 1.29 is 58.3 Å². The summed E-state index contributed by atoms with van der Waals surface area (Å²) in [5.41, 5.74) is 0. The third kappa shape index (κ3) is 6.04. The Kier molecular flexibility index (Phi) is 12.2. The van der Waals surface area contributed by atoms with Crippen molar-refractivity contribution in [3.63, 3.8) is 0 Å². The molecule has 0 spiro atoms. The summed E-state index contributed by atoms with van der Waals surface area (Å²) in [5.74, 6) is -1.73. The Hall–Kier alpha value is -0.238. The molecule has 9 heteroatoms. The van der Waals surface area contributed by atoms with Gasteiger partial charge in [0.15, 0.2) is 6.10 Å². The van der Waals surface area contributed by atoms with Crippen molar-refractivity contribution in [2.24, 2.45) is 0 Å². The number of aliphatic carboxylic acids is 1. The Bertz CT molecular complexity index is 177. The molecule has 0 amide bonds. The van der Waals surface area contributed by atoms with Crippen LogP contribution in [0.5, 0.6) is 0 Å². The maximum atomic E-state index is 10.1. The number of carboxylic acids is 1. The number of carboxylic acid groups (broad SMARTS) is 1. The van der Waals surface area contributed by atoms with Crippen LogP contribution >= 0.6 is 0 Å². The number of aliphatic hydroxyl groups excluding tert-OH is 5. The van der Waals surface area contributed by atoms with E-state index in [1.54, 1.807) is 0 Å². The minimum atomic E-state index is -2.20. The van der Waals surface area contributed by atoms with E-state index in [0.717, 1.165) is 0 Å². The molecule has 0 rings (SSSR count). The summed E-state index contributed by atoms with van der Waals surface area (Å²) in [4.78, 5) is 10.1. The largest absolute Gasteiger partial charge is 0.479 e. The van der Waals surface area contributed by atoms with E-state index in [4.69, 9.17) is 30.6 Å². The van der Waals surface area contributed by atoms with Gasteiger partial charge in [-0.3, -0.25) is 0 Å². The van der Waals surface area contributed by atoms with Crippen molar-refractivity contribution in [3.05, 3.63) is 0 Å². The van der Waals surface area contributed by atoms with Crippen molar-refractivity contribution in [3.8, 4) is 0 Å². The summed E-state index contributed by atoms with van der Waals surface area (Å²) >= 11 is 0. The van der Waals surface area contributed by atoms with E-state index in [2.05, 4.69) is 0 Å². The molecule has 8 nitrogen and oxygen atoms in total. The number of aliphatic hydroxyl groups is 5. The van der Waals surface area contributed by atoms with Crippen LogP contribution in [0.4, 0.5) is 0 Å². The van der Waals surface area contributed by atoms with Gasteiger partial charge in [-0.05, 0) is 0 Å². The second kappa shape index (κ2) is 9.02. The van der Waals surface area contributed by atoms with E-state index in [9.17, 15) is 4.79 Å². The quantitative estimate of drug-likeness (QED) is 0.292. The van der Waals surface area contributed by atoms with Crippen molar-refractivity contribution in [1.29, 1.82) is 0 Å². The van der Waals surface area contributed by atoms with Crippen molar-refractivity contribution >= 4 is 5.97 Å². The van der Waals surface area contributed by atoms with Crippen LogP contribution in [0.1, 0.15) is 0 Å². The molecule has 0 aromatic heterocycles. The molecule has 0 fully saturated rings. The van der Waals surface area contributed by atoms with Crippen LogP contribution in [0.2, 0.25) is 0 Å². The van der Waals surface area contributed by atoms with Crippen LogP contribution in [0.15, 0.2) is 0 Å². The topological polar surface area (TPSA) is 170 Å². The fourth-order valence-corrected chi connectivity index (χ4v) is 0.668. The fraction of sp³-hybridized carbons (Fsp3) is 0.833. The van der Waals surface area contributed by atoms with Crippen molar-refractivity contribution in [2.45, 2.75) is 24.4 Å². The SMILES string of the molecule is O.O=C(O)C(O)C(O)C(O)C(O)CO.[Cr]. The van der Waals surface area contributed by atoms with Gasteiger partial charge in [0.2, 0.25) is 0 Å². The summed E-state index contributed by atoms with van der Waals surface area (Å²) in [6, 6.07) is 0. The molecule has 15 heavy (non-hydrogen) atoms. The third-order valence-electron chi connectivity index (χ3n) is 1.51. The molecule has 0 aliphatic rings. The Morgan fingerprint density at radius 3 is 1.73 bits per heavy atom. The minimum absolute atomic E-state index is 0. The van der Waals surface area contributed by atoms with Crippen LogP contribution < -0.4 is 0 Å². The monoisotopic (exact) mass is 266 g/mol. The summed E-state index contributed by atoms with van der Waals surface area (Å²) < 4.78 is 0. The maximum Gasteiger partial charge on any atom is 0.335 e. The Balaban J connectivity index is -0.000000720. The third-order valence-corrected chi connectivity index (χ3v) is 1.51. The van der Waals surface area contributed by atoms with E-state index < -0.39 is 37.0 Å². The number of hydrogen-bond donors (Lipinski definition) is 6. The smallest absolute Gasteiger partial charge is 0.335 e. The number of hydrogen-bond acceptors (Lipinski definition) is 6. The zero-order chi connectivity index (χ0) is 10.6. The first-order chi connectivity index (χ1) is 5.91. The van der Waals surface area contributed by atoms with E-state index in [1.807, 2.05) is 0 Å². The van der Waals surface area contributed by atoms with E-state index in [1.165, 1.54) is 0 Å². The van der Waals surface area contributed by atoms with Crippen LogP contribution in [-0.2, 0) is 22.2 Å². The zero-order valence-corrected chi connectivity index (χ0v) is 8.79. The standard InChI is InChI=1S/C6H12O7.Cr.H2O/c7-1-2(8)3(9)4(10)5(11)6(12)13;;/h2-5,7-11H,1H2,(H,12,13);;1H2. The molecule has 0 bridgehead atoms. The average molecular weight is 266 g/mol. The van der Waals surface area contributed by atoms with Gasteiger partial charge < -0.3 is 36.1 Å². The number of carbonyl (C=O) groups is 1. The molecule has 0 heterocycles.